The fourth-order valence-electron chi connectivity index (χ4n) is 2.62. The molecule has 1 aliphatic heterocycles. The van der Waals surface area contributed by atoms with Gasteiger partial charge in [-0.15, -0.1) is 0 Å². The lowest BCUT2D eigenvalue weighted by molar-refractivity contribution is -0.140. The van der Waals surface area contributed by atoms with E-state index in [-0.39, 0.29) is 4.32 Å². The summed E-state index contributed by atoms with van der Waals surface area (Å²) in [6.45, 7) is -0.0461. The van der Waals surface area contributed by atoms with Crippen LogP contribution in [0.5, 0.6) is 11.5 Å². The second kappa shape index (κ2) is 9.59. The molecule has 0 spiro atoms. The van der Waals surface area contributed by atoms with Gasteiger partial charge in [0.2, 0.25) is 0 Å². The number of benzene rings is 2. The first-order valence-corrected chi connectivity index (χ1v) is 10.7. The van der Waals surface area contributed by atoms with Gasteiger partial charge in [0.05, 0.1) is 15.6 Å². The molecule has 150 valence electrons. The van der Waals surface area contributed by atoms with Crippen molar-refractivity contribution in [2.24, 2.45) is 0 Å². The number of nitrogens with zero attached hydrogens (tertiary/aromatic N) is 1. The molecule has 1 fully saturated rings. The third-order valence-corrected chi connectivity index (χ3v) is 6.12. The SMILES string of the molecule is COc1cc(/C=C2\SC(=S)N(CC(=O)O)C2=O)cc(I)c1OCc1ccccc1. The van der Waals surface area contributed by atoms with Crippen molar-refractivity contribution in [3.63, 3.8) is 0 Å². The van der Waals surface area contributed by atoms with E-state index in [0.717, 1.165) is 31.4 Å². The number of hydrogen-bond acceptors (Lipinski definition) is 6. The number of hydrogen-bond donors (Lipinski definition) is 1. The quantitative estimate of drug-likeness (QED) is 0.321. The fraction of sp³-hybridized carbons (Fsp3) is 0.150. The van der Waals surface area contributed by atoms with E-state index < -0.39 is 18.4 Å². The molecular formula is C20H16INO5S2. The fourth-order valence-corrected chi connectivity index (χ4v) is 4.65. The molecule has 3 rings (SSSR count). The zero-order chi connectivity index (χ0) is 21.0. The molecule has 1 amide bonds. The van der Waals surface area contributed by atoms with Gasteiger partial charge in [-0.05, 0) is 51.9 Å². The Kier molecular flexibility index (Phi) is 7.14. The molecule has 0 unspecified atom stereocenters. The van der Waals surface area contributed by atoms with Gasteiger partial charge in [0, 0.05) is 0 Å². The molecular weight excluding hydrogens is 525 g/mol. The number of rotatable bonds is 7. The smallest absolute Gasteiger partial charge is 0.323 e. The van der Waals surface area contributed by atoms with Crippen LogP contribution >= 0.6 is 46.6 Å². The van der Waals surface area contributed by atoms with Crippen molar-refractivity contribution in [2.45, 2.75) is 6.61 Å². The summed E-state index contributed by atoms with van der Waals surface area (Å²) >= 11 is 8.36. The predicted octanol–water partition coefficient (Wildman–Crippen LogP) is 4.16. The van der Waals surface area contributed by atoms with Crippen LogP contribution in [0.2, 0.25) is 0 Å². The summed E-state index contributed by atoms with van der Waals surface area (Å²) in [5.74, 6) is -0.368. The first-order chi connectivity index (χ1) is 13.9. The lowest BCUT2D eigenvalue weighted by atomic mass is 10.1. The standard InChI is InChI=1S/C20H16INO5S2/c1-26-15-8-13(9-16-19(25)22(10-17(23)24)20(28)29-16)7-14(21)18(15)27-11-12-5-3-2-4-6-12/h2-9H,10-11H2,1H3,(H,23,24)/b16-9-. The molecule has 1 heterocycles. The Morgan fingerprint density at radius 1 is 1.31 bits per heavy atom. The third-order valence-electron chi connectivity index (χ3n) is 3.94. The second-order valence-electron chi connectivity index (χ2n) is 5.97. The third kappa shape index (κ3) is 5.28. The number of halogens is 1. The van der Waals surface area contributed by atoms with Crippen LogP contribution in [0.25, 0.3) is 6.08 Å². The van der Waals surface area contributed by atoms with Crippen LogP contribution < -0.4 is 9.47 Å². The van der Waals surface area contributed by atoms with Crippen LogP contribution in [0, 0.1) is 3.57 Å². The van der Waals surface area contributed by atoms with E-state index in [9.17, 15) is 9.59 Å². The molecule has 1 aliphatic rings. The molecule has 0 bridgehead atoms. The first-order valence-electron chi connectivity index (χ1n) is 8.40. The summed E-state index contributed by atoms with van der Waals surface area (Å²) in [6.07, 6.45) is 1.67. The van der Waals surface area contributed by atoms with Gasteiger partial charge < -0.3 is 14.6 Å². The van der Waals surface area contributed by atoms with Gasteiger partial charge in [-0.3, -0.25) is 14.5 Å². The zero-order valence-corrected chi connectivity index (χ0v) is 19.0. The van der Waals surface area contributed by atoms with E-state index in [4.69, 9.17) is 26.8 Å². The molecule has 0 radical (unpaired) electrons. The molecule has 29 heavy (non-hydrogen) atoms. The highest BCUT2D eigenvalue weighted by Crippen LogP contribution is 2.37. The predicted molar refractivity (Wildman–Crippen MR) is 124 cm³/mol. The Morgan fingerprint density at radius 2 is 2.03 bits per heavy atom. The highest BCUT2D eigenvalue weighted by molar-refractivity contribution is 14.1. The summed E-state index contributed by atoms with van der Waals surface area (Å²) < 4.78 is 12.5. The minimum Gasteiger partial charge on any atom is -0.493 e. The van der Waals surface area contributed by atoms with Crippen molar-refractivity contribution >= 4 is 68.8 Å². The van der Waals surface area contributed by atoms with Crippen LogP contribution in [-0.4, -0.2) is 39.9 Å². The number of carbonyl (C=O) groups is 2. The Morgan fingerprint density at radius 3 is 2.69 bits per heavy atom. The van der Waals surface area contributed by atoms with E-state index in [1.54, 1.807) is 19.3 Å². The summed E-state index contributed by atoms with van der Waals surface area (Å²) in [4.78, 5) is 24.8. The van der Waals surface area contributed by atoms with E-state index >= 15 is 0 Å². The number of carboxylic acids is 1. The van der Waals surface area contributed by atoms with Crippen molar-refractivity contribution in [3.05, 3.63) is 62.1 Å². The monoisotopic (exact) mass is 541 g/mol. The number of methoxy groups -OCH3 is 1. The maximum atomic E-state index is 12.4. The minimum atomic E-state index is -1.11. The van der Waals surface area contributed by atoms with Gasteiger partial charge in [0.25, 0.3) is 5.91 Å². The minimum absolute atomic E-state index is 0.230. The van der Waals surface area contributed by atoms with Crippen molar-refractivity contribution in [1.82, 2.24) is 4.90 Å². The maximum Gasteiger partial charge on any atom is 0.323 e. The number of amides is 1. The number of aliphatic carboxylic acids is 1. The number of ether oxygens (including phenoxy) is 2. The highest BCUT2D eigenvalue weighted by atomic mass is 127. The molecule has 9 heteroatoms. The van der Waals surface area contributed by atoms with E-state index in [1.165, 1.54) is 0 Å². The molecule has 2 aromatic rings. The molecule has 0 aliphatic carbocycles. The summed E-state index contributed by atoms with van der Waals surface area (Å²) in [7, 11) is 1.55. The van der Waals surface area contributed by atoms with Crippen molar-refractivity contribution in [1.29, 1.82) is 0 Å². The number of thioether (sulfide) groups is 1. The number of thiocarbonyl (C=S) groups is 1. The molecule has 0 aromatic heterocycles. The Bertz CT molecular complexity index is 994. The maximum absolute atomic E-state index is 12.4. The number of carboxylic acid groups (broad SMARTS) is 1. The molecule has 0 atom stereocenters. The summed E-state index contributed by atoms with van der Waals surface area (Å²) in [6, 6.07) is 13.4. The summed E-state index contributed by atoms with van der Waals surface area (Å²) in [5, 5.41) is 8.94. The molecule has 6 nitrogen and oxygen atoms in total. The van der Waals surface area contributed by atoms with Gasteiger partial charge in [-0.2, -0.15) is 0 Å². The summed E-state index contributed by atoms with van der Waals surface area (Å²) in [5.41, 5.74) is 1.77. The van der Waals surface area contributed by atoms with Gasteiger partial charge >= 0.3 is 5.97 Å². The molecule has 2 aromatic carbocycles. The zero-order valence-electron chi connectivity index (χ0n) is 15.3. The highest BCUT2D eigenvalue weighted by Gasteiger charge is 2.33. The van der Waals surface area contributed by atoms with Crippen LogP contribution in [0.15, 0.2) is 47.4 Å². The molecule has 1 N–H and O–H groups in total. The van der Waals surface area contributed by atoms with Gasteiger partial charge in [-0.25, -0.2) is 0 Å². The van der Waals surface area contributed by atoms with E-state index in [2.05, 4.69) is 22.6 Å². The van der Waals surface area contributed by atoms with Crippen molar-refractivity contribution in [3.8, 4) is 11.5 Å². The van der Waals surface area contributed by atoms with E-state index in [1.807, 2.05) is 36.4 Å². The lowest BCUT2D eigenvalue weighted by Crippen LogP contribution is -2.33. The largest absolute Gasteiger partial charge is 0.493 e. The van der Waals surface area contributed by atoms with Gasteiger partial charge in [0.1, 0.15) is 17.5 Å². The Hall–Kier alpha value is -2.11. The topological polar surface area (TPSA) is 76.1 Å². The first kappa shape index (κ1) is 21.6. The van der Waals surface area contributed by atoms with Gasteiger partial charge in [0.15, 0.2) is 11.5 Å². The lowest BCUT2D eigenvalue weighted by Gasteiger charge is -2.14. The average Bonchev–Trinajstić information content (AvgIpc) is 2.94. The average molecular weight is 541 g/mol. The van der Waals surface area contributed by atoms with Crippen molar-refractivity contribution in [2.75, 3.05) is 13.7 Å². The van der Waals surface area contributed by atoms with Crippen molar-refractivity contribution < 1.29 is 24.2 Å². The number of carbonyl (C=O) groups excluding carboxylic acids is 1. The normalized spacial score (nSPS) is 15.1. The van der Waals surface area contributed by atoms with Crippen LogP contribution in [0.4, 0.5) is 0 Å². The Balaban J connectivity index is 1.83. The van der Waals surface area contributed by atoms with Crippen LogP contribution in [0.1, 0.15) is 11.1 Å². The Labute approximate surface area is 191 Å². The molecule has 1 saturated heterocycles. The van der Waals surface area contributed by atoms with Crippen LogP contribution in [-0.2, 0) is 16.2 Å². The van der Waals surface area contributed by atoms with Crippen LogP contribution in [0.3, 0.4) is 0 Å². The molecule has 0 saturated carbocycles. The van der Waals surface area contributed by atoms with Gasteiger partial charge in [-0.1, -0.05) is 54.3 Å². The second-order valence-corrected chi connectivity index (χ2v) is 8.81. The van der Waals surface area contributed by atoms with E-state index in [0.29, 0.717) is 23.0 Å².